The summed E-state index contributed by atoms with van der Waals surface area (Å²) < 4.78 is 1.97. The van der Waals surface area contributed by atoms with Gasteiger partial charge >= 0.3 is 0 Å². The number of hydrogen-bond donors (Lipinski definition) is 0. The molecule has 20 heavy (non-hydrogen) atoms. The van der Waals surface area contributed by atoms with Crippen LogP contribution in [-0.2, 0) is 9.59 Å². The molecule has 0 aliphatic carbocycles. The van der Waals surface area contributed by atoms with E-state index in [4.69, 9.17) is 0 Å². The summed E-state index contributed by atoms with van der Waals surface area (Å²) >= 11 is 0. The highest BCUT2D eigenvalue weighted by Crippen LogP contribution is 2.46. The standard InChI is InChI=1S/C16H24N2O2/c19-15-11-1-5-17(6-2-11)9-14-16(20)12-3-7-18(14,8-4-12)10-13(15)17/h11-14H,1-10H2/q+2/t11?,12?,13-,14+,17?,18?. The Labute approximate surface area is 119 Å². The molecule has 7 aliphatic heterocycles. The molecule has 0 N–H and O–H groups in total. The van der Waals surface area contributed by atoms with Crippen molar-refractivity contribution in [3.05, 3.63) is 0 Å². The Hall–Kier alpha value is -0.740. The van der Waals surface area contributed by atoms with Crippen molar-refractivity contribution in [1.29, 1.82) is 0 Å². The Bertz CT molecular complexity index is 453. The summed E-state index contributed by atoms with van der Waals surface area (Å²) in [6.45, 7) is 6.62. The molecule has 4 heteroatoms. The number of fused-ring (bicyclic) bond motifs is 4. The Morgan fingerprint density at radius 3 is 1.35 bits per heavy atom. The first-order valence-electron chi connectivity index (χ1n) is 8.43. The number of ketones is 2. The molecule has 108 valence electrons. The van der Waals surface area contributed by atoms with Crippen LogP contribution in [-0.4, -0.2) is 71.9 Å². The van der Waals surface area contributed by atoms with Gasteiger partial charge in [-0.05, 0) is 0 Å². The predicted molar refractivity (Wildman–Crippen MR) is 72.8 cm³/mol. The fourth-order valence-corrected chi connectivity index (χ4v) is 6.28. The second kappa shape index (κ2) is 3.53. The van der Waals surface area contributed by atoms with E-state index in [1.54, 1.807) is 0 Å². The number of rotatable bonds is 0. The molecule has 2 spiro atoms. The molecule has 0 aromatic rings. The second-order valence-corrected chi connectivity index (χ2v) is 8.08. The minimum atomic E-state index is 0.237. The number of carbonyl (C=O) groups is 2. The maximum absolute atomic E-state index is 12.7. The molecule has 0 saturated carbocycles. The molecular weight excluding hydrogens is 252 g/mol. The van der Waals surface area contributed by atoms with Crippen molar-refractivity contribution in [1.82, 2.24) is 0 Å². The Morgan fingerprint density at radius 2 is 1.00 bits per heavy atom. The van der Waals surface area contributed by atoms with Crippen LogP contribution < -0.4 is 0 Å². The van der Waals surface area contributed by atoms with Crippen LogP contribution in [0.2, 0.25) is 0 Å². The maximum atomic E-state index is 12.7. The van der Waals surface area contributed by atoms with Crippen LogP contribution in [0.4, 0.5) is 0 Å². The Kier molecular flexibility index (Phi) is 2.09. The first-order chi connectivity index (χ1) is 9.64. The minimum Gasteiger partial charge on any atom is -0.305 e. The quantitative estimate of drug-likeness (QED) is 0.599. The Morgan fingerprint density at radius 1 is 0.650 bits per heavy atom. The SMILES string of the molecule is O=C1C2CC[N+]3(CC2)C[C@H]2C(=O)C4CC[N+]2(CC4)C[C@H]13. The number of carbonyl (C=O) groups excluding carboxylic acids is 2. The van der Waals surface area contributed by atoms with E-state index in [0.29, 0.717) is 23.4 Å². The lowest BCUT2D eigenvalue weighted by molar-refractivity contribution is -1.06. The highest BCUT2D eigenvalue weighted by Gasteiger charge is 2.67. The van der Waals surface area contributed by atoms with E-state index in [9.17, 15) is 9.59 Å². The van der Waals surface area contributed by atoms with Gasteiger partial charge in [-0.25, -0.2) is 0 Å². The molecule has 7 fully saturated rings. The summed E-state index contributed by atoms with van der Waals surface area (Å²) in [4.78, 5) is 25.5. The van der Waals surface area contributed by atoms with E-state index in [0.717, 1.165) is 73.9 Å². The first kappa shape index (κ1) is 11.9. The van der Waals surface area contributed by atoms with E-state index >= 15 is 0 Å². The van der Waals surface area contributed by atoms with Gasteiger partial charge in [-0.1, -0.05) is 0 Å². The van der Waals surface area contributed by atoms with Gasteiger partial charge in [0.25, 0.3) is 0 Å². The van der Waals surface area contributed by atoms with Gasteiger partial charge < -0.3 is 8.97 Å². The third kappa shape index (κ3) is 1.22. The van der Waals surface area contributed by atoms with Gasteiger partial charge in [0.15, 0.2) is 23.7 Å². The van der Waals surface area contributed by atoms with Gasteiger partial charge in [0, 0.05) is 37.5 Å². The zero-order valence-electron chi connectivity index (χ0n) is 12.1. The van der Waals surface area contributed by atoms with E-state index in [1.807, 2.05) is 0 Å². The van der Waals surface area contributed by atoms with Crippen molar-refractivity contribution < 1.29 is 18.6 Å². The van der Waals surface area contributed by atoms with Crippen LogP contribution in [0.5, 0.6) is 0 Å². The average molecular weight is 276 g/mol. The van der Waals surface area contributed by atoms with Gasteiger partial charge in [0.05, 0.1) is 26.2 Å². The van der Waals surface area contributed by atoms with Crippen LogP contribution in [0.3, 0.4) is 0 Å². The average Bonchev–Trinajstić information content (AvgIpc) is 2.48. The predicted octanol–water partition coefficient (Wildman–Crippen LogP) is 0.356. The molecule has 0 unspecified atom stereocenters. The lowest BCUT2D eigenvalue weighted by Gasteiger charge is -2.64. The summed E-state index contributed by atoms with van der Waals surface area (Å²) in [5, 5.41) is 0. The van der Waals surface area contributed by atoms with E-state index < -0.39 is 0 Å². The van der Waals surface area contributed by atoms with Crippen LogP contribution >= 0.6 is 0 Å². The number of hydrogen-bond acceptors (Lipinski definition) is 2. The molecule has 7 heterocycles. The fourth-order valence-electron chi connectivity index (χ4n) is 6.28. The van der Waals surface area contributed by atoms with Crippen LogP contribution in [0.1, 0.15) is 25.7 Å². The van der Waals surface area contributed by atoms with Gasteiger partial charge in [-0.2, -0.15) is 0 Å². The summed E-state index contributed by atoms with van der Waals surface area (Å²) in [6.07, 6.45) is 4.33. The van der Waals surface area contributed by atoms with Crippen molar-refractivity contribution in [2.75, 3.05) is 39.3 Å². The fraction of sp³-hybridized carbons (Fsp3) is 0.875. The largest absolute Gasteiger partial charge is 0.305 e. The van der Waals surface area contributed by atoms with Gasteiger partial charge in [0.1, 0.15) is 13.1 Å². The van der Waals surface area contributed by atoms with E-state index in [2.05, 4.69) is 0 Å². The van der Waals surface area contributed by atoms with Crippen LogP contribution in [0.25, 0.3) is 0 Å². The van der Waals surface area contributed by atoms with Gasteiger partial charge in [-0.3, -0.25) is 9.59 Å². The number of piperidine rings is 6. The molecule has 0 radical (unpaired) electrons. The molecule has 0 amide bonds. The topological polar surface area (TPSA) is 34.1 Å². The highest BCUT2D eigenvalue weighted by molar-refractivity contribution is 5.89. The van der Waals surface area contributed by atoms with Crippen molar-refractivity contribution >= 4 is 11.6 Å². The van der Waals surface area contributed by atoms with E-state index in [-0.39, 0.29) is 12.1 Å². The molecule has 0 aromatic heterocycles. The molecule has 4 nitrogen and oxygen atoms in total. The molecule has 7 saturated heterocycles. The van der Waals surface area contributed by atoms with Crippen LogP contribution in [0.15, 0.2) is 0 Å². The summed E-state index contributed by atoms with van der Waals surface area (Å²) in [7, 11) is 0. The van der Waals surface area contributed by atoms with Crippen molar-refractivity contribution in [3.63, 3.8) is 0 Å². The van der Waals surface area contributed by atoms with E-state index in [1.165, 1.54) is 0 Å². The normalized spacial score (nSPS) is 56.6. The maximum Gasteiger partial charge on any atom is 0.199 e. The third-order valence-corrected chi connectivity index (χ3v) is 7.55. The number of nitrogens with zero attached hydrogens (tertiary/aromatic N) is 2. The molecule has 7 rings (SSSR count). The molecule has 4 bridgehead atoms. The molecule has 0 aromatic carbocycles. The monoisotopic (exact) mass is 276 g/mol. The lowest BCUT2D eigenvalue weighted by Crippen LogP contribution is -2.85. The van der Waals surface area contributed by atoms with Crippen molar-refractivity contribution in [3.8, 4) is 0 Å². The smallest absolute Gasteiger partial charge is 0.199 e. The number of Topliss-reactive ketones (excluding diaryl/α,β-unsaturated/α-hetero) is 2. The number of piperazine rings is 1. The summed E-state index contributed by atoms with van der Waals surface area (Å²) in [5.74, 6) is 1.81. The zero-order chi connectivity index (χ0) is 13.5. The molecule has 2 atom stereocenters. The van der Waals surface area contributed by atoms with Crippen molar-refractivity contribution in [2.45, 2.75) is 37.8 Å². The first-order valence-corrected chi connectivity index (χ1v) is 8.43. The van der Waals surface area contributed by atoms with Crippen LogP contribution in [0, 0.1) is 11.8 Å². The second-order valence-electron chi connectivity index (χ2n) is 8.08. The minimum absolute atomic E-state index is 0.237. The Balaban J connectivity index is 1.58. The zero-order valence-corrected chi connectivity index (χ0v) is 12.1. The lowest BCUT2D eigenvalue weighted by atomic mass is 9.71. The third-order valence-electron chi connectivity index (χ3n) is 7.55. The highest BCUT2D eigenvalue weighted by atomic mass is 16.1. The van der Waals surface area contributed by atoms with Gasteiger partial charge in [0.2, 0.25) is 0 Å². The summed E-state index contributed by atoms with van der Waals surface area (Å²) in [6, 6.07) is 0.474. The van der Waals surface area contributed by atoms with Gasteiger partial charge in [-0.15, -0.1) is 0 Å². The summed E-state index contributed by atoms with van der Waals surface area (Å²) in [5.41, 5.74) is 0. The van der Waals surface area contributed by atoms with Crippen molar-refractivity contribution in [2.24, 2.45) is 11.8 Å². The molecular formula is C16H24N2O2+2. The molecule has 7 aliphatic rings. The number of quaternary nitrogens is 2.